The Kier molecular flexibility index (Phi) is 9.31. The molecule has 0 saturated carbocycles. The van der Waals surface area contributed by atoms with Crippen molar-refractivity contribution in [2.45, 2.75) is 32.4 Å². The minimum atomic E-state index is -0.167. The quantitative estimate of drug-likeness (QED) is 0.716. The molecule has 6 nitrogen and oxygen atoms in total. The van der Waals surface area contributed by atoms with Gasteiger partial charge in [0, 0.05) is 39.1 Å². The lowest BCUT2D eigenvalue weighted by atomic mass is 9.95. The Labute approximate surface area is 156 Å². The summed E-state index contributed by atoms with van der Waals surface area (Å²) >= 11 is 0. The number of carbonyl (C=O) groups is 2. The maximum absolute atomic E-state index is 12.0. The Morgan fingerprint density at radius 1 is 1.28 bits per heavy atom. The second kappa shape index (κ2) is 10.9. The molecular formula is C18H29ClN4O2. The van der Waals surface area contributed by atoms with Gasteiger partial charge in [0.25, 0.3) is 0 Å². The predicted molar refractivity (Wildman–Crippen MR) is 102 cm³/mol. The van der Waals surface area contributed by atoms with Crippen LogP contribution in [-0.4, -0.2) is 49.6 Å². The SMILES string of the molecule is CC1CCNCC1NC(=O)CCNC(=O)N(C)Cc1ccccc1.Cl. The van der Waals surface area contributed by atoms with Crippen molar-refractivity contribution >= 4 is 24.3 Å². The van der Waals surface area contributed by atoms with Gasteiger partial charge in [-0.25, -0.2) is 4.79 Å². The Morgan fingerprint density at radius 2 is 2.00 bits per heavy atom. The zero-order valence-corrected chi connectivity index (χ0v) is 15.8. The van der Waals surface area contributed by atoms with Crippen molar-refractivity contribution in [3.8, 4) is 0 Å². The van der Waals surface area contributed by atoms with Crippen molar-refractivity contribution in [3.63, 3.8) is 0 Å². The average Bonchev–Trinajstić information content (AvgIpc) is 2.57. The van der Waals surface area contributed by atoms with Crippen LogP contribution in [-0.2, 0) is 11.3 Å². The fourth-order valence-corrected chi connectivity index (χ4v) is 2.81. The summed E-state index contributed by atoms with van der Waals surface area (Å²) in [5.74, 6) is 0.475. The number of amides is 3. The molecule has 0 aromatic heterocycles. The van der Waals surface area contributed by atoms with Crippen molar-refractivity contribution in [1.29, 1.82) is 0 Å². The number of nitrogens with one attached hydrogen (secondary N) is 3. The molecule has 7 heteroatoms. The number of benzene rings is 1. The number of urea groups is 1. The standard InChI is InChI=1S/C18H28N4O2.ClH/c1-14-8-10-19-12-16(14)21-17(23)9-11-20-18(24)22(2)13-15-6-4-3-5-7-15;/h3-7,14,16,19H,8-13H2,1-2H3,(H,20,24)(H,21,23);1H. The predicted octanol–water partition coefficient (Wildman–Crippen LogP) is 1.75. The van der Waals surface area contributed by atoms with E-state index in [2.05, 4.69) is 22.9 Å². The normalized spacial score (nSPS) is 19.4. The number of nitrogens with zero attached hydrogens (tertiary/aromatic N) is 1. The fraction of sp³-hybridized carbons (Fsp3) is 0.556. The molecule has 1 aromatic carbocycles. The zero-order chi connectivity index (χ0) is 17.4. The third-order valence-corrected chi connectivity index (χ3v) is 4.41. The van der Waals surface area contributed by atoms with Crippen molar-refractivity contribution in [2.24, 2.45) is 5.92 Å². The number of hydrogen-bond acceptors (Lipinski definition) is 3. The fourth-order valence-electron chi connectivity index (χ4n) is 2.81. The van der Waals surface area contributed by atoms with Crippen LogP contribution in [0, 0.1) is 5.92 Å². The van der Waals surface area contributed by atoms with Crippen molar-refractivity contribution in [2.75, 3.05) is 26.7 Å². The molecule has 1 aliphatic rings. The van der Waals surface area contributed by atoms with Crippen LogP contribution in [0.25, 0.3) is 0 Å². The Balaban J connectivity index is 0.00000312. The zero-order valence-electron chi connectivity index (χ0n) is 15.0. The summed E-state index contributed by atoms with van der Waals surface area (Å²) in [5, 5.41) is 9.13. The van der Waals surface area contributed by atoms with Crippen LogP contribution in [0.15, 0.2) is 30.3 Å². The van der Waals surface area contributed by atoms with Crippen LogP contribution in [0.1, 0.15) is 25.3 Å². The second-order valence-electron chi connectivity index (χ2n) is 6.47. The Hall–Kier alpha value is -1.79. The van der Waals surface area contributed by atoms with Gasteiger partial charge in [-0.1, -0.05) is 37.3 Å². The highest BCUT2D eigenvalue weighted by Gasteiger charge is 2.22. The second-order valence-corrected chi connectivity index (χ2v) is 6.47. The smallest absolute Gasteiger partial charge is 0.317 e. The lowest BCUT2D eigenvalue weighted by Crippen LogP contribution is -2.50. The first kappa shape index (κ1) is 21.3. The molecule has 3 N–H and O–H groups in total. The Morgan fingerprint density at radius 3 is 2.68 bits per heavy atom. The van der Waals surface area contributed by atoms with Gasteiger partial charge in [-0.3, -0.25) is 4.79 Å². The molecule has 0 bridgehead atoms. The highest BCUT2D eigenvalue weighted by atomic mass is 35.5. The first-order valence-electron chi connectivity index (χ1n) is 8.59. The molecule has 0 aliphatic carbocycles. The van der Waals surface area contributed by atoms with Crippen molar-refractivity contribution < 1.29 is 9.59 Å². The van der Waals surface area contributed by atoms with Crippen LogP contribution in [0.3, 0.4) is 0 Å². The van der Waals surface area contributed by atoms with Gasteiger partial charge in [0.2, 0.25) is 5.91 Å². The number of piperidine rings is 1. The largest absolute Gasteiger partial charge is 0.352 e. The van der Waals surface area contributed by atoms with Crippen LogP contribution in [0.2, 0.25) is 0 Å². The molecule has 25 heavy (non-hydrogen) atoms. The molecule has 2 rings (SSSR count). The maximum Gasteiger partial charge on any atom is 0.317 e. The minimum Gasteiger partial charge on any atom is -0.352 e. The van der Waals surface area contributed by atoms with E-state index in [4.69, 9.17) is 0 Å². The van der Waals surface area contributed by atoms with Gasteiger partial charge in [-0.15, -0.1) is 12.4 Å². The minimum absolute atomic E-state index is 0. The molecule has 1 fully saturated rings. The highest BCUT2D eigenvalue weighted by molar-refractivity contribution is 5.85. The summed E-state index contributed by atoms with van der Waals surface area (Å²) in [6, 6.07) is 9.83. The lowest BCUT2D eigenvalue weighted by molar-refractivity contribution is -0.122. The summed E-state index contributed by atoms with van der Waals surface area (Å²) in [6.45, 7) is 4.88. The monoisotopic (exact) mass is 368 g/mol. The third-order valence-electron chi connectivity index (χ3n) is 4.41. The van der Waals surface area contributed by atoms with Crippen LogP contribution < -0.4 is 16.0 Å². The Bertz CT molecular complexity index is 541. The van der Waals surface area contributed by atoms with E-state index >= 15 is 0 Å². The molecule has 0 radical (unpaired) electrons. The first-order chi connectivity index (χ1) is 11.6. The van der Waals surface area contributed by atoms with E-state index in [1.54, 1.807) is 11.9 Å². The maximum atomic E-state index is 12.0. The van der Waals surface area contributed by atoms with E-state index in [-0.39, 0.29) is 30.4 Å². The van der Waals surface area contributed by atoms with Crippen LogP contribution in [0.4, 0.5) is 4.79 Å². The average molecular weight is 369 g/mol. The summed E-state index contributed by atoms with van der Waals surface area (Å²) in [5.41, 5.74) is 1.08. The van der Waals surface area contributed by atoms with E-state index < -0.39 is 0 Å². The molecule has 1 heterocycles. The van der Waals surface area contributed by atoms with Gasteiger partial charge in [-0.2, -0.15) is 0 Å². The number of hydrogen-bond donors (Lipinski definition) is 3. The molecule has 140 valence electrons. The van der Waals surface area contributed by atoms with Gasteiger partial charge in [0.1, 0.15) is 0 Å². The molecule has 2 unspecified atom stereocenters. The number of carbonyl (C=O) groups excluding carboxylic acids is 2. The van der Waals surface area contributed by atoms with Crippen LogP contribution in [0.5, 0.6) is 0 Å². The van der Waals surface area contributed by atoms with Crippen molar-refractivity contribution in [1.82, 2.24) is 20.9 Å². The molecule has 0 spiro atoms. The van der Waals surface area contributed by atoms with E-state index in [1.165, 1.54) is 0 Å². The van der Waals surface area contributed by atoms with Gasteiger partial charge in [0.15, 0.2) is 0 Å². The molecule has 2 atom stereocenters. The summed E-state index contributed by atoms with van der Waals surface area (Å²) in [7, 11) is 1.75. The van der Waals surface area contributed by atoms with E-state index in [9.17, 15) is 9.59 Å². The van der Waals surface area contributed by atoms with E-state index in [0.29, 0.717) is 25.4 Å². The topological polar surface area (TPSA) is 73.5 Å². The number of rotatable bonds is 6. The third kappa shape index (κ3) is 7.32. The lowest BCUT2D eigenvalue weighted by Gasteiger charge is -2.30. The first-order valence-corrected chi connectivity index (χ1v) is 8.59. The molecule has 3 amide bonds. The molecular weight excluding hydrogens is 340 g/mol. The van der Waals surface area contributed by atoms with Gasteiger partial charge in [-0.05, 0) is 24.4 Å². The molecule has 1 aliphatic heterocycles. The van der Waals surface area contributed by atoms with Gasteiger partial charge in [0.05, 0.1) is 0 Å². The summed E-state index contributed by atoms with van der Waals surface area (Å²) < 4.78 is 0. The van der Waals surface area contributed by atoms with Crippen LogP contribution >= 0.6 is 12.4 Å². The number of halogens is 1. The summed E-state index contributed by atoms with van der Waals surface area (Å²) in [4.78, 5) is 25.7. The molecule has 1 aromatic rings. The molecule has 1 saturated heterocycles. The van der Waals surface area contributed by atoms with Crippen molar-refractivity contribution in [3.05, 3.63) is 35.9 Å². The van der Waals surface area contributed by atoms with Gasteiger partial charge < -0.3 is 20.9 Å². The van der Waals surface area contributed by atoms with Gasteiger partial charge >= 0.3 is 6.03 Å². The summed E-state index contributed by atoms with van der Waals surface area (Å²) in [6.07, 6.45) is 1.38. The van der Waals surface area contributed by atoms with E-state index in [0.717, 1.165) is 25.1 Å². The van der Waals surface area contributed by atoms with E-state index in [1.807, 2.05) is 30.3 Å². The highest BCUT2D eigenvalue weighted by Crippen LogP contribution is 2.11.